The third-order valence-corrected chi connectivity index (χ3v) is 6.03. The number of imidazole rings is 1. The van der Waals surface area contributed by atoms with E-state index in [0.717, 1.165) is 0 Å². The van der Waals surface area contributed by atoms with E-state index in [-0.39, 0.29) is 18.4 Å². The van der Waals surface area contributed by atoms with Gasteiger partial charge in [-0.1, -0.05) is 0 Å². The highest BCUT2D eigenvalue weighted by Gasteiger charge is 2.50. The Morgan fingerprint density at radius 2 is 2.10 bits per heavy atom. The number of likely N-dealkylation sites (tertiary alicyclic amines) is 1. The number of nitrogens with one attached hydrogen (secondary N) is 3. The number of aromatic nitrogens is 3. The smallest absolute Gasteiger partial charge is 0.270 e. The minimum absolute atomic E-state index is 0.0209. The van der Waals surface area contributed by atoms with E-state index in [1.807, 2.05) is 4.90 Å². The molecule has 0 aromatic carbocycles. The number of carbonyl (C=O) groups excluding carboxylic acids is 2. The fraction of sp³-hybridized carbons (Fsp3) is 0.550. The summed E-state index contributed by atoms with van der Waals surface area (Å²) in [5.74, 6) is 0.315. The zero-order chi connectivity index (χ0) is 20.6. The van der Waals surface area contributed by atoms with Gasteiger partial charge in [0.15, 0.2) is 0 Å². The number of H-pyrrole nitrogens is 2. The SMILES string of the molecule is Cc1ncc(C(=O)N[C@H]2COC3(CCN(C(=O)c4ccc[nH]4)CC3)C[C@]2(C)O)[nH]1. The third-order valence-electron chi connectivity index (χ3n) is 6.03. The van der Waals surface area contributed by atoms with Crippen molar-refractivity contribution in [3.05, 3.63) is 41.7 Å². The number of aromatic amines is 2. The normalized spacial score (nSPS) is 26.4. The maximum atomic E-state index is 12.5. The number of carbonyl (C=O) groups is 2. The van der Waals surface area contributed by atoms with Crippen LogP contribution in [0, 0.1) is 6.92 Å². The zero-order valence-electron chi connectivity index (χ0n) is 16.7. The van der Waals surface area contributed by atoms with Crippen LogP contribution in [0.5, 0.6) is 0 Å². The van der Waals surface area contributed by atoms with Crippen molar-refractivity contribution < 1.29 is 19.4 Å². The first-order valence-electron chi connectivity index (χ1n) is 9.90. The molecule has 2 atom stereocenters. The van der Waals surface area contributed by atoms with Gasteiger partial charge in [-0.05, 0) is 38.8 Å². The van der Waals surface area contributed by atoms with Crippen molar-refractivity contribution in [3.63, 3.8) is 0 Å². The number of rotatable bonds is 3. The predicted octanol–water partition coefficient (Wildman–Crippen LogP) is 0.991. The van der Waals surface area contributed by atoms with Crippen LogP contribution in [0.4, 0.5) is 0 Å². The first-order chi connectivity index (χ1) is 13.8. The molecule has 4 rings (SSSR count). The maximum Gasteiger partial charge on any atom is 0.270 e. The van der Waals surface area contributed by atoms with Crippen LogP contribution in [0.15, 0.2) is 24.5 Å². The Morgan fingerprint density at radius 3 is 2.69 bits per heavy atom. The van der Waals surface area contributed by atoms with Crippen LogP contribution < -0.4 is 5.32 Å². The molecule has 4 N–H and O–H groups in total. The van der Waals surface area contributed by atoms with Crippen LogP contribution in [-0.4, -0.2) is 73.7 Å². The van der Waals surface area contributed by atoms with Crippen LogP contribution in [0.25, 0.3) is 0 Å². The molecule has 2 aromatic rings. The Hall–Kier alpha value is -2.65. The molecule has 9 nitrogen and oxygen atoms in total. The molecule has 0 bridgehead atoms. The summed E-state index contributed by atoms with van der Waals surface area (Å²) in [6.45, 7) is 4.86. The highest BCUT2D eigenvalue weighted by atomic mass is 16.5. The number of ether oxygens (including phenoxy) is 1. The summed E-state index contributed by atoms with van der Waals surface area (Å²) in [7, 11) is 0. The quantitative estimate of drug-likeness (QED) is 0.611. The molecule has 2 aromatic heterocycles. The van der Waals surface area contributed by atoms with Gasteiger partial charge >= 0.3 is 0 Å². The Labute approximate surface area is 168 Å². The standard InChI is InChI=1S/C20H27N5O4/c1-13-22-10-15(23-13)17(26)24-16-11-29-20(12-19(16,2)28)5-8-25(9-6-20)18(27)14-4-3-7-21-14/h3-4,7,10,16,21,28H,5-6,8-9,11-12H2,1-2H3,(H,22,23)(H,24,26)/t16-,19-/m0/s1. The summed E-state index contributed by atoms with van der Waals surface area (Å²) in [5.41, 5.74) is -0.666. The molecule has 0 radical (unpaired) electrons. The van der Waals surface area contributed by atoms with Crippen molar-refractivity contribution in [1.29, 1.82) is 0 Å². The monoisotopic (exact) mass is 401 g/mol. The third kappa shape index (κ3) is 3.92. The molecule has 9 heteroatoms. The van der Waals surface area contributed by atoms with E-state index >= 15 is 0 Å². The summed E-state index contributed by atoms with van der Waals surface area (Å²) in [6.07, 6.45) is 4.91. The number of nitrogens with zero attached hydrogens (tertiary/aromatic N) is 2. The van der Waals surface area contributed by atoms with Crippen molar-refractivity contribution in [2.45, 2.75) is 50.4 Å². The molecule has 0 aliphatic carbocycles. The van der Waals surface area contributed by atoms with Gasteiger partial charge in [0.1, 0.15) is 17.2 Å². The largest absolute Gasteiger partial charge is 0.388 e. The number of aryl methyl sites for hydroxylation is 1. The second kappa shape index (κ2) is 7.31. The number of hydrogen-bond acceptors (Lipinski definition) is 5. The van der Waals surface area contributed by atoms with E-state index in [2.05, 4.69) is 20.3 Å². The lowest BCUT2D eigenvalue weighted by molar-refractivity contribution is -0.183. The van der Waals surface area contributed by atoms with Crippen molar-refractivity contribution >= 4 is 11.8 Å². The lowest BCUT2D eigenvalue weighted by Gasteiger charge is -2.51. The number of aliphatic hydroxyl groups is 1. The molecule has 1 spiro atoms. The Bertz CT molecular complexity index is 881. The average Bonchev–Trinajstić information content (AvgIpc) is 3.36. The van der Waals surface area contributed by atoms with E-state index in [1.165, 1.54) is 6.20 Å². The lowest BCUT2D eigenvalue weighted by atomic mass is 9.75. The van der Waals surface area contributed by atoms with Crippen LogP contribution in [-0.2, 0) is 4.74 Å². The van der Waals surface area contributed by atoms with E-state index in [0.29, 0.717) is 49.6 Å². The zero-order valence-corrected chi connectivity index (χ0v) is 16.7. The number of hydrogen-bond donors (Lipinski definition) is 4. The summed E-state index contributed by atoms with van der Waals surface area (Å²) >= 11 is 0. The van der Waals surface area contributed by atoms with Gasteiger partial charge in [0.2, 0.25) is 0 Å². The Kier molecular flexibility index (Phi) is 4.95. The second-order valence-electron chi connectivity index (χ2n) is 8.31. The van der Waals surface area contributed by atoms with E-state index in [9.17, 15) is 14.7 Å². The van der Waals surface area contributed by atoms with Gasteiger partial charge in [-0.3, -0.25) is 9.59 Å². The van der Waals surface area contributed by atoms with Gasteiger partial charge in [-0.2, -0.15) is 0 Å². The van der Waals surface area contributed by atoms with E-state index < -0.39 is 17.2 Å². The van der Waals surface area contributed by atoms with Gasteiger partial charge in [0, 0.05) is 25.7 Å². The molecule has 2 aliphatic heterocycles. The average molecular weight is 401 g/mol. The van der Waals surface area contributed by atoms with Gasteiger partial charge in [0.05, 0.1) is 30.0 Å². The maximum absolute atomic E-state index is 12.5. The summed E-state index contributed by atoms with van der Waals surface area (Å²) in [5, 5.41) is 13.9. The minimum atomic E-state index is -1.12. The van der Waals surface area contributed by atoms with Gasteiger partial charge in [-0.15, -0.1) is 0 Å². The van der Waals surface area contributed by atoms with Crippen molar-refractivity contribution in [2.24, 2.45) is 0 Å². The highest BCUT2D eigenvalue weighted by molar-refractivity contribution is 5.93. The molecule has 0 saturated carbocycles. The number of amides is 2. The Balaban J connectivity index is 1.36. The van der Waals surface area contributed by atoms with E-state index in [4.69, 9.17) is 4.74 Å². The predicted molar refractivity (Wildman–Crippen MR) is 104 cm³/mol. The highest BCUT2D eigenvalue weighted by Crippen LogP contribution is 2.39. The second-order valence-corrected chi connectivity index (χ2v) is 8.31. The first-order valence-corrected chi connectivity index (χ1v) is 9.90. The van der Waals surface area contributed by atoms with Gasteiger partial charge in [0.25, 0.3) is 11.8 Å². The molecular weight excluding hydrogens is 374 g/mol. The molecule has 2 amide bonds. The topological polar surface area (TPSA) is 123 Å². The molecular formula is C20H27N5O4. The minimum Gasteiger partial charge on any atom is -0.388 e. The van der Waals surface area contributed by atoms with Gasteiger partial charge < -0.3 is 30.0 Å². The van der Waals surface area contributed by atoms with Crippen LogP contribution >= 0.6 is 0 Å². The molecule has 4 heterocycles. The number of piperidine rings is 1. The van der Waals surface area contributed by atoms with Crippen molar-refractivity contribution in [1.82, 2.24) is 25.2 Å². The van der Waals surface area contributed by atoms with Crippen LogP contribution in [0.2, 0.25) is 0 Å². The Morgan fingerprint density at radius 1 is 1.34 bits per heavy atom. The summed E-state index contributed by atoms with van der Waals surface area (Å²) in [4.78, 5) is 36.6. The fourth-order valence-electron chi connectivity index (χ4n) is 4.31. The lowest BCUT2D eigenvalue weighted by Crippen LogP contribution is -2.64. The molecule has 2 fully saturated rings. The molecule has 156 valence electrons. The molecule has 29 heavy (non-hydrogen) atoms. The fourth-order valence-corrected chi connectivity index (χ4v) is 4.31. The van der Waals surface area contributed by atoms with E-state index in [1.54, 1.807) is 32.2 Å². The summed E-state index contributed by atoms with van der Waals surface area (Å²) < 4.78 is 6.17. The van der Waals surface area contributed by atoms with Crippen LogP contribution in [0.3, 0.4) is 0 Å². The van der Waals surface area contributed by atoms with Crippen molar-refractivity contribution in [3.8, 4) is 0 Å². The summed E-state index contributed by atoms with van der Waals surface area (Å²) in [6, 6.07) is 3.05. The first kappa shape index (κ1) is 19.7. The molecule has 2 aliphatic rings. The molecule has 0 unspecified atom stereocenters. The van der Waals surface area contributed by atoms with Gasteiger partial charge in [-0.25, -0.2) is 4.98 Å². The van der Waals surface area contributed by atoms with Crippen molar-refractivity contribution in [2.75, 3.05) is 19.7 Å². The molecule has 2 saturated heterocycles. The van der Waals surface area contributed by atoms with Crippen LogP contribution in [0.1, 0.15) is 53.0 Å².